The number of nitrogens with zero attached hydrogens (tertiary/aromatic N) is 1. The summed E-state index contributed by atoms with van der Waals surface area (Å²) >= 11 is 0. The van der Waals surface area contributed by atoms with Crippen molar-refractivity contribution in [2.75, 3.05) is 6.54 Å². The van der Waals surface area contributed by atoms with Crippen LogP contribution in [0.4, 0.5) is 4.79 Å². The third-order valence-electron chi connectivity index (χ3n) is 6.12. The van der Waals surface area contributed by atoms with Crippen LogP contribution in [0.2, 0.25) is 0 Å². The van der Waals surface area contributed by atoms with Gasteiger partial charge in [-0.1, -0.05) is 38.5 Å². The number of carbonyl (C=O) groups excluding carboxylic acids is 4. The van der Waals surface area contributed by atoms with Crippen molar-refractivity contribution in [1.82, 2.24) is 15.5 Å². The van der Waals surface area contributed by atoms with Crippen LogP contribution in [0.15, 0.2) is 0 Å². The number of amides is 4. The number of rotatable bonds is 6. The fraction of sp³-hybridized carbons (Fsp3) is 0.800. The molecule has 1 spiro atoms. The first-order valence-corrected chi connectivity index (χ1v) is 10.6. The maximum absolute atomic E-state index is 12.6. The zero-order valence-corrected chi connectivity index (χ0v) is 16.6. The molecule has 2 aliphatic carbocycles. The molecule has 3 aliphatic rings. The van der Waals surface area contributed by atoms with Gasteiger partial charge in [-0.2, -0.15) is 0 Å². The summed E-state index contributed by atoms with van der Waals surface area (Å²) in [5.41, 5.74) is -0.771. The second kappa shape index (κ2) is 8.92. The van der Waals surface area contributed by atoms with Crippen molar-refractivity contribution in [2.45, 2.75) is 95.2 Å². The smallest absolute Gasteiger partial charge is 0.325 e. The maximum atomic E-state index is 12.6. The average Bonchev–Trinajstić information content (AvgIpc) is 3.10. The molecule has 1 heterocycles. The third kappa shape index (κ3) is 4.64. The van der Waals surface area contributed by atoms with Crippen molar-refractivity contribution in [3.05, 3.63) is 0 Å². The van der Waals surface area contributed by atoms with Gasteiger partial charge in [0.25, 0.3) is 11.8 Å². The SMILES string of the molecule is C[C@@H](OC(=O)CCN1C(=O)NC2(CCCC2)C1=O)C(=O)NC1CCCCCC1. The Morgan fingerprint density at radius 2 is 1.79 bits per heavy atom. The number of carbonyl (C=O) groups is 4. The zero-order chi connectivity index (χ0) is 20.1. The van der Waals surface area contributed by atoms with Gasteiger partial charge in [-0.25, -0.2) is 4.79 Å². The molecule has 28 heavy (non-hydrogen) atoms. The predicted molar refractivity (Wildman–Crippen MR) is 101 cm³/mol. The zero-order valence-electron chi connectivity index (χ0n) is 16.6. The normalized spacial score (nSPS) is 23.4. The second-order valence-electron chi connectivity index (χ2n) is 8.26. The molecule has 0 aromatic carbocycles. The lowest BCUT2D eigenvalue weighted by Gasteiger charge is -2.21. The standard InChI is InChI=1S/C20H31N3O5/c1-14(17(25)21-15-8-4-2-3-5-9-15)28-16(24)10-13-23-18(26)20(22-19(23)27)11-6-7-12-20/h14-15H,2-13H2,1H3,(H,21,25)(H,22,27)/t14-/m1/s1. The van der Waals surface area contributed by atoms with Crippen LogP contribution in [0, 0.1) is 0 Å². The minimum Gasteiger partial charge on any atom is -0.452 e. The van der Waals surface area contributed by atoms with Crippen molar-refractivity contribution < 1.29 is 23.9 Å². The minimum atomic E-state index is -0.889. The lowest BCUT2D eigenvalue weighted by atomic mass is 9.98. The molecular weight excluding hydrogens is 362 g/mol. The van der Waals surface area contributed by atoms with Gasteiger partial charge < -0.3 is 15.4 Å². The van der Waals surface area contributed by atoms with Gasteiger partial charge in [0.05, 0.1) is 6.42 Å². The van der Waals surface area contributed by atoms with Crippen LogP contribution >= 0.6 is 0 Å². The van der Waals surface area contributed by atoms with E-state index in [1.54, 1.807) is 6.92 Å². The molecule has 4 amide bonds. The summed E-state index contributed by atoms with van der Waals surface area (Å²) in [5, 5.41) is 5.75. The van der Waals surface area contributed by atoms with E-state index < -0.39 is 23.6 Å². The van der Waals surface area contributed by atoms with E-state index in [9.17, 15) is 19.2 Å². The van der Waals surface area contributed by atoms with Crippen LogP contribution in [0.3, 0.4) is 0 Å². The van der Waals surface area contributed by atoms with E-state index in [0.717, 1.165) is 43.4 Å². The van der Waals surface area contributed by atoms with Crippen molar-refractivity contribution in [3.63, 3.8) is 0 Å². The summed E-state index contributed by atoms with van der Waals surface area (Å²) in [4.78, 5) is 50.2. The van der Waals surface area contributed by atoms with Crippen LogP contribution in [-0.2, 0) is 19.1 Å². The Bertz CT molecular complexity index is 621. The Balaban J connectivity index is 1.42. The van der Waals surface area contributed by atoms with E-state index >= 15 is 0 Å². The van der Waals surface area contributed by atoms with E-state index in [4.69, 9.17) is 4.74 Å². The van der Waals surface area contributed by atoms with Crippen LogP contribution in [0.5, 0.6) is 0 Å². The second-order valence-corrected chi connectivity index (χ2v) is 8.26. The molecule has 1 aliphatic heterocycles. The van der Waals surface area contributed by atoms with Crippen molar-refractivity contribution in [3.8, 4) is 0 Å². The van der Waals surface area contributed by atoms with Gasteiger partial charge in [0.1, 0.15) is 5.54 Å². The maximum Gasteiger partial charge on any atom is 0.325 e. The quantitative estimate of drug-likeness (QED) is 0.408. The molecule has 2 saturated carbocycles. The van der Waals surface area contributed by atoms with E-state index in [1.807, 2.05) is 0 Å². The number of esters is 1. The summed E-state index contributed by atoms with van der Waals surface area (Å²) in [6.45, 7) is 1.52. The van der Waals surface area contributed by atoms with E-state index in [-0.39, 0.29) is 30.8 Å². The topological polar surface area (TPSA) is 105 Å². The molecular formula is C20H31N3O5. The molecule has 0 aromatic heterocycles. The Kier molecular flexibility index (Phi) is 6.57. The molecule has 3 rings (SSSR count). The van der Waals surface area contributed by atoms with Crippen LogP contribution < -0.4 is 10.6 Å². The van der Waals surface area contributed by atoms with Crippen LogP contribution in [0.1, 0.15) is 77.6 Å². The molecule has 2 N–H and O–H groups in total. The third-order valence-corrected chi connectivity index (χ3v) is 6.12. The summed E-state index contributed by atoms with van der Waals surface area (Å²) in [6.07, 6.45) is 8.64. The fourth-order valence-corrected chi connectivity index (χ4v) is 4.45. The van der Waals surface area contributed by atoms with Gasteiger partial charge in [-0.05, 0) is 32.6 Å². The summed E-state index contributed by atoms with van der Waals surface area (Å²) in [7, 11) is 0. The van der Waals surface area contributed by atoms with Gasteiger partial charge >= 0.3 is 12.0 Å². The number of nitrogens with one attached hydrogen (secondary N) is 2. The van der Waals surface area contributed by atoms with E-state index in [2.05, 4.69) is 10.6 Å². The summed E-state index contributed by atoms with van der Waals surface area (Å²) < 4.78 is 5.21. The molecule has 0 radical (unpaired) electrons. The lowest BCUT2D eigenvalue weighted by molar-refractivity contribution is -0.155. The number of hydrogen-bond donors (Lipinski definition) is 2. The first kappa shape index (κ1) is 20.6. The van der Waals surface area contributed by atoms with Crippen LogP contribution in [-0.4, -0.2) is 52.9 Å². The molecule has 0 aromatic rings. The van der Waals surface area contributed by atoms with Gasteiger partial charge in [0.2, 0.25) is 0 Å². The monoisotopic (exact) mass is 393 g/mol. The summed E-state index contributed by atoms with van der Waals surface area (Å²) in [6, 6.07) is -0.302. The first-order valence-electron chi connectivity index (χ1n) is 10.6. The highest BCUT2D eigenvalue weighted by Crippen LogP contribution is 2.35. The minimum absolute atomic E-state index is 0.0256. The Labute approximate surface area is 165 Å². The highest BCUT2D eigenvalue weighted by molar-refractivity contribution is 6.07. The van der Waals surface area contributed by atoms with Gasteiger partial charge in [0.15, 0.2) is 6.10 Å². The summed E-state index contributed by atoms with van der Waals surface area (Å²) in [5.74, 6) is -1.13. The van der Waals surface area contributed by atoms with Crippen molar-refractivity contribution >= 4 is 23.8 Å². The largest absolute Gasteiger partial charge is 0.452 e. The van der Waals surface area contributed by atoms with Gasteiger partial charge in [-0.3, -0.25) is 19.3 Å². The fourth-order valence-electron chi connectivity index (χ4n) is 4.45. The van der Waals surface area contributed by atoms with Crippen molar-refractivity contribution in [2.24, 2.45) is 0 Å². The van der Waals surface area contributed by atoms with E-state index in [0.29, 0.717) is 12.8 Å². The molecule has 1 saturated heterocycles. The molecule has 3 fully saturated rings. The molecule has 1 atom stereocenters. The molecule has 8 nitrogen and oxygen atoms in total. The van der Waals surface area contributed by atoms with Crippen LogP contribution in [0.25, 0.3) is 0 Å². The number of ether oxygens (including phenoxy) is 1. The Morgan fingerprint density at radius 3 is 2.43 bits per heavy atom. The highest BCUT2D eigenvalue weighted by Gasteiger charge is 2.52. The lowest BCUT2D eigenvalue weighted by Crippen LogP contribution is -2.44. The Morgan fingerprint density at radius 1 is 1.14 bits per heavy atom. The van der Waals surface area contributed by atoms with Gasteiger partial charge in [0, 0.05) is 12.6 Å². The van der Waals surface area contributed by atoms with E-state index in [1.165, 1.54) is 12.8 Å². The van der Waals surface area contributed by atoms with Gasteiger partial charge in [-0.15, -0.1) is 0 Å². The van der Waals surface area contributed by atoms with Crippen molar-refractivity contribution in [1.29, 1.82) is 0 Å². The molecule has 156 valence electrons. The first-order chi connectivity index (χ1) is 13.4. The molecule has 0 bridgehead atoms. The number of imide groups is 1. The average molecular weight is 393 g/mol. The predicted octanol–water partition coefficient (Wildman–Crippen LogP) is 2.01. The highest BCUT2D eigenvalue weighted by atomic mass is 16.5. The number of hydrogen-bond acceptors (Lipinski definition) is 5. The molecule has 0 unspecified atom stereocenters. The number of urea groups is 1. The Hall–Kier alpha value is -2.12. The molecule has 8 heteroatoms.